The number of aromatic hydroxyl groups is 1. The lowest BCUT2D eigenvalue weighted by Gasteiger charge is -2.39. The fourth-order valence-electron chi connectivity index (χ4n) is 4.59. The number of allylic oxidation sites excluding steroid dienone is 11. The lowest BCUT2D eigenvalue weighted by molar-refractivity contribution is -0.232. The Kier molecular flexibility index (Phi) is 15.0. The van der Waals surface area contributed by atoms with Gasteiger partial charge in [-0.25, -0.2) is 9.59 Å². The first-order valence-electron chi connectivity index (χ1n) is 14.5. The molecule has 0 amide bonds. The van der Waals surface area contributed by atoms with E-state index in [1.54, 1.807) is 48.6 Å². The molecule has 0 saturated carbocycles. The molecule has 0 aromatic carbocycles. The van der Waals surface area contributed by atoms with Crippen LogP contribution in [0.3, 0.4) is 0 Å². The molecule has 10 nitrogen and oxygen atoms in total. The second kappa shape index (κ2) is 18.1. The van der Waals surface area contributed by atoms with Crippen molar-refractivity contribution < 1.29 is 44.6 Å². The number of carbonyl (C=O) groups is 1. The van der Waals surface area contributed by atoms with E-state index in [1.807, 2.05) is 32.1 Å². The topological polar surface area (TPSA) is 178 Å². The lowest BCUT2D eigenvalue weighted by atomic mass is 9.91. The van der Waals surface area contributed by atoms with E-state index in [4.69, 9.17) is 9.15 Å². The molecule has 2 heterocycles. The van der Waals surface area contributed by atoms with Gasteiger partial charge in [0.1, 0.15) is 47.6 Å². The molecular weight excluding hydrogens is 568 g/mol. The monoisotopic (exact) mass is 612 g/mol. The van der Waals surface area contributed by atoms with Gasteiger partial charge >= 0.3 is 11.6 Å². The van der Waals surface area contributed by atoms with Gasteiger partial charge in [0.05, 0.1) is 12.2 Å². The Labute approximate surface area is 257 Å². The van der Waals surface area contributed by atoms with Gasteiger partial charge in [-0.3, -0.25) is 0 Å². The average molecular weight is 613 g/mol. The summed E-state index contributed by atoms with van der Waals surface area (Å²) >= 11 is 0. The number of ether oxygens (including phenoxy) is 1. The minimum atomic E-state index is -1.73. The molecule has 1 fully saturated rings. The Morgan fingerprint density at radius 1 is 0.977 bits per heavy atom. The third-order valence-corrected chi connectivity index (χ3v) is 7.12. The summed E-state index contributed by atoms with van der Waals surface area (Å²) in [5.41, 5.74) is -0.349. The summed E-state index contributed by atoms with van der Waals surface area (Å²) < 4.78 is 10.5. The minimum absolute atomic E-state index is 0.0220. The molecule has 240 valence electrons. The zero-order valence-corrected chi connectivity index (χ0v) is 25.5. The lowest BCUT2D eigenvalue weighted by Crippen LogP contribution is -2.55. The van der Waals surface area contributed by atoms with Crippen molar-refractivity contribution in [3.05, 3.63) is 106 Å². The molecule has 0 bridgehead atoms. The molecule has 1 aliphatic heterocycles. The van der Waals surface area contributed by atoms with Crippen molar-refractivity contribution in [3.8, 4) is 5.75 Å². The number of carboxylic acids is 1. The maximum atomic E-state index is 12.5. The molecule has 6 N–H and O–H groups in total. The van der Waals surface area contributed by atoms with Crippen molar-refractivity contribution in [2.75, 3.05) is 6.61 Å². The normalized spacial score (nSPS) is 25.2. The SMILES string of the molecule is CC[C@H](C)C[C@H](C)/C=C(/C=C(C)\C=C\C=C\C=C\C=C\C=C\c1cc(O)c([C@@H]2O[C@H](CO)[C@H](O)[C@H](O)[C@H]2O)c(=O)o1)C(=O)O. The number of hydrogen-bond acceptors (Lipinski definition) is 9. The summed E-state index contributed by atoms with van der Waals surface area (Å²) in [5.74, 6) is -0.751. The van der Waals surface area contributed by atoms with Gasteiger partial charge in [0.2, 0.25) is 0 Å². The van der Waals surface area contributed by atoms with Crippen LogP contribution in [0.4, 0.5) is 0 Å². The molecule has 10 heteroatoms. The standard InChI is InChI=1S/C34H44O10/c1-5-21(2)16-23(4)18-24(33(40)41)17-22(3)14-12-10-8-6-7-9-11-13-15-25-19-26(36)28(34(42)43-25)32-31(39)30(38)29(37)27(20-35)44-32/h6-15,17-19,21,23,27,29-32,35-39H,5,16,20H2,1-4H3,(H,40,41)/b7-6+,10-8+,11-9+,14-12+,15-13+,22-17-,24-18-/t21-,23-,27+,29-,30-,31+,32-/m0/s1. The second-order valence-electron chi connectivity index (χ2n) is 10.9. The summed E-state index contributed by atoms with van der Waals surface area (Å²) in [6.45, 7) is 7.49. The Hall–Kier alpha value is -3.80. The molecule has 0 aliphatic carbocycles. The van der Waals surface area contributed by atoms with Crippen molar-refractivity contribution in [3.63, 3.8) is 0 Å². The van der Waals surface area contributed by atoms with Crippen LogP contribution in [-0.4, -0.2) is 67.6 Å². The minimum Gasteiger partial charge on any atom is -0.507 e. The van der Waals surface area contributed by atoms with E-state index in [9.17, 15) is 40.2 Å². The molecule has 2 rings (SSSR count). The molecule has 1 saturated heterocycles. The van der Waals surface area contributed by atoms with E-state index in [-0.39, 0.29) is 17.3 Å². The molecule has 0 unspecified atom stereocenters. The van der Waals surface area contributed by atoms with Gasteiger partial charge in [-0.15, -0.1) is 0 Å². The molecule has 7 atom stereocenters. The first-order chi connectivity index (χ1) is 20.9. The van der Waals surface area contributed by atoms with Crippen LogP contribution in [0, 0.1) is 11.8 Å². The van der Waals surface area contributed by atoms with Crippen LogP contribution in [0.2, 0.25) is 0 Å². The van der Waals surface area contributed by atoms with E-state index < -0.39 is 60.0 Å². The molecular formula is C34H44O10. The van der Waals surface area contributed by atoms with Gasteiger partial charge in [0, 0.05) is 6.07 Å². The van der Waals surface area contributed by atoms with E-state index in [1.165, 1.54) is 6.08 Å². The molecule has 0 radical (unpaired) electrons. The number of rotatable bonds is 14. The number of hydrogen-bond donors (Lipinski definition) is 6. The highest BCUT2D eigenvalue weighted by Gasteiger charge is 2.46. The predicted molar refractivity (Wildman–Crippen MR) is 168 cm³/mol. The highest BCUT2D eigenvalue weighted by molar-refractivity contribution is 5.90. The van der Waals surface area contributed by atoms with Crippen molar-refractivity contribution >= 4 is 12.0 Å². The molecule has 1 aliphatic rings. The highest BCUT2D eigenvalue weighted by atomic mass is 16.5. The number of aliphatic hydroxyl groups excluding tert-OH is 4. The van der Waals surface area contributed by atoms with E-state index >= 15 is 0 Å². The Bertz CT molecular complexity index is 1360. The summed E-state index contributed by atoms with van der Waals surface area (Å²) in [6, 6.07) is 1.15. The maximum Gasteiger partial charge on any atom is 0.345 e. The van der Waals surface area contributed by atoms with Crippen molar-refractivity contribution in [1.82, 2.24) is 0 Å². The van der Waals surface area contributed by atoms with Crippen molar-refractivity contribution in [2.45, 2.75) is 71.1 Å². The van der Waals surface area contributed by atoms with Gasteiger partial charge in [0.15, 0.2) is 0 Å². The predicted octanol–water partition coefficient (Wildman–Crippen LogP) is 4.13. The largest absolute Gasteiger partial charge is 0.507 e. The quantitative estimate of drug-likeness (QED) is 0.132. The summed E-state index contributed by atoms with van der Waals surface area (Å²) in [6.07, 6.45) is 14.9. The van der Waals surface area contributed by atoms with Crippen LogP contribution in [0.5, 0.6) is 5.75 Å². The number of carboxylic acid groups (broad SMARTS) is 1. The fraction of sp³-hybridized carbons (Fsp3) is 0.412. The van der Waals surface area contributed by atoms with E-state index in [0.29, 0.717) is 5.92 Å². The zero-order valence-electron chi connectivity index (χ0n) is 25.5. The van der Waals surface area contributed by atoms with E-state index in [0.717, 1.165) is 24.5 Å². The Morgan fingerprint density at radius 2 is 1.59 bits per heavy atom. The summed E-state index contributed by atoms with van der Waals surface area (Å²) in [5, 5.41) is 59.4. The van der Waals surface area contributed by atoms with Crippen molar-refractivity contribution in [2.24, 2.45) is 11.8 Å². The molecule has 1 aromatic heterocycles. The van der Waals surface area contributed by atoms with Gasteiger partial charge < -0.3 is 39.8 Å². The van der Waals surface area contributed by atoms with Gasteiger partial charge in [-0.1, -0.05) is 93.5 Å². The third-order valence-electron chi connectivity index (χ3n) is 7.12. The van der Waals surface area contributed by atoms with Crippen LogP contribution < -0.4 is 5.63 Å². The van der Waals surface area contributed by atoms with Gasteiger partial charge in [-0.05, 0) is 37.3 Å². The fourth-order valence-corrected chi connectivity index (χ4v) is 4.59. The van der Waals surface area contributed by atoms with Gasteiger partial charge in [-0.2, -0.15) is 0 Å². The summed E-state index contributed by atoms with van der Waals surface area (Å²) in [4.78, 5) is 24.2. The first-order valence-corrected chi connectivity index (χ1v) is 14.5. The highest BCUT2D eigenvalue weighted by Crippen LogP contribution is 2.35. The first kappa shape index (κ1) is 36.4. The molecule has 1 aromatic rings. The maximum absolute atomic E-state index is 12.5. The van der Waals surface area contributed by atoms with Crippen LogP contribution in [0.1, 0.15) is 58.0 Å². The zero-order chi connectivity index (χ0) is 32.8. The molecule has 44 heavy (non-hydrogen) atoms. The average Bonchev–Trinajstić information content (AvgIpc) is 2.97. The Morgan fingerprint density at radius 3 is 2.16 bits per heavy atom. The van der Waals surface area contributed by atoms with Crippen LogP contribution in [0.25, 0.3) is 6.08 Å². The van der Waals surface area contributed by atoms with Crippen LogP contribution >= 0.6 is 0 Å². The van der Waals surface area contributed by atoms with Crippen LogP contribution in [-0.2, 0) is 9.53 Å². The smallest absolute Gasteiger partial charge is 0.345 e. The third kappa shape index (κ3) is 11.0. The van der Waals surface area contributed by atoms with Gasteiger partial charge in [0.25, 0.3) is 0 Å². The number of aliphatic carboxylic acids is 1. The van der Waals surface area contributed by atoms with E-state index in [2.05, 4.69) is 13.8 Å². The number of aliphatic hydroxyl groups is 4. The van der Waals surface area contributed by atoms with Crippen molar-refractivity contribution in [1.29, 1.82) is 0 Å². The Balaban J connectivity index is 1.95. The second-order valence-corrected chi connectivity index (χ2v) is 10.9. The summed E-state index contributed by atoms with van der Waals surface area (Å²) in [7, 11) is 0. The van der Waals surface area contributed by atoms with Crippen LogP contribution in [0.15, 0.2) is 93.3 Å². The molecule has 0 spiro atoms.